The second-order valence-electron chi connectivity index (χ2n) is 7.36. The highest BCUT2D eigenvalue weighted by Gasteiger charge is 2.34. The predicted octanol–water partition coefficient (Wildman–Crippen LogP) is 4.13. The van der Waals surface area contributed by atoms with Gasteiger partial charge in [0.1, 0.15) is 11.3 Å². The van der Waals surface area contributed by atoms with Crippen molar-refractivity contribution in [3.8, 4) is 17.2 Å². The summed E-state index contributed by atoms with van der Waals surface area (Å²) < 4.78 is 53.8. The van der Waals surface area contributed by atoms with Crippen LogP contribution in [0.25, 0.3) is 22.2 Å². The highest BCUT2D eigenvalue weighted by Crippen LogP contribution is 2.33. The molecule has 0 saturated carbocycles. The molecular formula is C23H15F4N5O2. The summed E-state index contributed by atoms with van der Waals surface area (Å²) in [5.74, 6) is -1.32. The van der Waals surface area contributed by atoms with Crippen molar-refractivity contribution in [2.24, 2.45) is 0 Å². The molecule has 0 saturated heterocycles. The number of nitriles is 1. The van der Waals surface area contributed by atoms with E-state index in [9.17, 15) is 27.5 Å². The highest BCUT2D eigenvalue weighted by molar-refractivity contribution is 5.94. The van der Waals surface area contributed by atoms with Crippen LogP contribution >= 0.6 is 0 Å². The van der Waals surface area contributed by atoms with Gasteiger partial charge in [-0.05, 0) is 53.6 Å². The molecule has 4 rings (SSSR count). The van der Waals surface area contributed by atoms with Gasteiger partial charge in [0.25, 0.3) is 5.91 Å². The van der Waals surface area contributed by atoms with E-state index in [-0.39, 0.29) is 18.0 Å². The molecule has 0 unspecified atom stereocenters. The maximum atomic E-state index is 13.1. The molecule has 7 nitrogen and oxygen atoms in total. The van der Waals surface area contributed by atoms with E-state index in [0.717, 1.165) is 23.3 Å². The number of benzene rings is 3. The number of carbonyl (C=O) groups excluding carboxylic acids is 1. The summed E-state index contributed by atoms with van der Waals surface area (Å²) in [5.41, 5.74) is 0.508. The van der Waals surface area contributed by atoms with Gasteiger partial charge in [-0.25, -0.2) is 9.07 Å². The van der Waals surface area contributed by atoms with Gasteiger partial charge in [0.2, 0.25) is 0 Å². The number of carbonyl (C=O) groups is 1. The van der Waals surface area contributed by atoms with Crippen LogP contribution in [0.3, 0.4) is 0 Å². The Bertz CT molecular complexity index is 1410. The highest BCUT2D eigenvalue weighted by atomic mass is 19.4. The van der Waals surface area contributed by atoms with Gasteiger partial charge >= 0.3 is 6.18 Å². The maximum Gasteiger partial charge on any atom is 0.417 e. The van der Waals surface area contributed by atoms with Crippen LogP contribution in [0.1, 0.15) is 11.1 Å². The molecule has 172 valence electrons. The topological polar surface area (TPSA) is 104 Å². The Kier molecular flexibility index (Phi) is 6.00. The van der Waals surface area contributed by atoms with E-state index < -0.39 is 29.3 Å². The smallest absolute Gasteiger partial charge is 0.381 e. The molecule has 1 amide bonds. The number of hydrogen-bond acceptors (Lipinski definition) is 5. The number of anilines is 1. The largest absolute Gasteiger partial charge is 0.417 e. The molecule has 1 aromatic heterocycles. The van der Waals surface area contributed by atoms with E-state index in [4.69, 9.17) is 5.26 Å². The van der Waals surface area contributed by atoms with Crippen LogP contribution < -0.4 is 5.32 Å². The number of hydrogen-bond donors (Lipinski definition) is 2. The minimum Gasteiger partial charge on any atom is -0.381 e. The Balaban J connectivity index is 1.50. The van der Waals surface area contributed by atoms with Crippen LogP contribution in [0.15, 0.2) is 60.7 Å². The van der Waals surface area contributed by atoms with Crippen LogP contribution in [0.5, 0.6) is 0 Å². The van der Waals surface area contributed by atoms with Gasteiger partial charge in [-0.3, -0.25) is 4.79 Å². The Morgan fingerprint density at radius 2 is 1.79 bits per heavy atom. The van der Waals surface area contributed by atoms with Crippen molar-refractivity contribution in [2.75, 3.05) is 5.32 Å². The first-order valence-corrected chi connectivity index (χ1v) is 9.85. The first-order chi connectivity index (χ1) is 16.2. The van der Waals surface area contributed by atoms with Crippen LogP contribution in [0.2, 0.25) is 0 Å². The van der Waals surface area contributed by atoms with Crippen molar-refractivity contribution in [3.05, 3.63) is 77.6 Å². The molecule has 0 fully saturated rings. The Hall–Kier alpha value is -4.30. The zero-order valence-electron chi connectivity index (χ0n) is 17.2. The first kappa shape index (κ1) is 22.9. The standard InChI is InChI=1S/C23H15F4N5O2/c24-16-5-1-13(2-6-16)14-4-8-20-19(9-14)30-31-32(20)12-21(33)22(34)29-17-7-3-15(11-28)18(10-17)23(25,26)27/h1-10,21,33H,12H2,(H,29,34)/t21-/m0/s1. The van der Waals surface area contributed by atoms with Crippen molar-refractivity contribution in [1.82, 2.24) is 15.0 Å². The van der Waals surface area contributed by atoms with Gasteiger partial charge in [0.15, 0.2) is 6.10 Å². The summed E-state index contributed by atoms with van der Waals surface area (Å²) in [6, 6.07) is 15.2. The fraction of sp³-hybridized carbons (Fsp3) is 0.130. The molecule has 0 aliphatic heterocycles. The lowest BCUT2D eigenvalue weighted by molar-refractivity contribution is -0.137. The SMILES string of the molecule is N#Cc1ccc(NC(=O)[C@@H](O)Cn2nnc3cc(-c4ccc(F)cc4)ccc32)cc1C(F)(F)F. The quantitative estimate of drug-likeness (QED) is 0.428. The van der Waals surface area contributed by atoms with Gasteiger partial charge in [0, 0.05) is 5.69 Å². The molecule has 4 aromatic rings. The molecule has 34 heavy (non-hydrogen) atoms. The minimum atomic E-state index is -4.78. The zero-order valence-corrected chi connectivity index (χ0v) is 17.2. The van der Waals surface area contributed by atoms with Gasteiger partial charge in [-0.2, -0.15) is 18.4 Å². The number of aliphatic hydroxyl groups is 1. The van der Waals surface area contributed by atoms with Crippen LogP contribution in [-0.4, -0.2) is 32.1 Å². The number of aliphatic hydroxyl groups excluding tert-OH is 1. The summed E-state index contributed by atoms with van der Waals surface area (Å²) in [6.07, 6.45) is -6.43. The molecule has 2 N–H and O–H groups in total. The van der Waals surface area contributed by atoms with Crippen LogP contribution in [0.4, 0.5) is 23.2 Å². The maximum absolute atomic E-state index is 13.1. The Labute approximate surface area is 189 Å². The van der Waals surface area contributed by atoms with Crippen LogP contribution in [0, 0.1) is 17.1 Å². The second kappa shape index (κ2) is 8.92. The lowest BCUT2D eigenvalue weighted by atomic mass is 10.1. The molecule has 3 aromatic carbocycles. The lowest BCUT2D eigenvalue weighted by Crippen LogP contribution is -2.32. The second-order valence-corrected chi connectivity index (χ2v) is 7.36. The van der Waals surface area contributed by atoms with E-state index in [1.807, 2.05) is 0 Å². The molecule has 1 heterocycles. The van der Waals surface area contributed by atoms with Gasteiger partial charge in [-0.1, -0.05) is 23.4 Å². The number of amides is 1. The summed E-state index contributed by atoms with van der Waals surface area (Å²) in [4.78, 5) is 12.4. The molecule has 1 atom stereocenters. The van der Waals surface area contributed by atoms with Crippen molar-refractivity contribution >= 4 is 22.6 Å². The average molecular weight is 469 g/mol. The molecular weight excluding hydrogens is 454 g/mol. The fourth-order valence-corrected chi connectivity index (χ4v) is 3.36. The minimum absolute atomic E-state index is 0.220. The number of nitrogens with one attached hydrogen (secondary N) is 1. The fourth-order valence-electron chi connectivity index (χ4n) is 3.36. The zero-order chi connectivity index (χ0) is 24.5. The number of alkyl halides is 3. The number of fused-ring (bicyclic) bond motifs is 1. The van der Waals surface area contributed by atoms with E-state index in [0.29, 0.717) is 17.1 Å². The third-order valence-electron chi connectivity index (χ3n) is 5.05. The Morgan fingerprint density at radius 3 is 2.47 bits per heavy atom. The molecule has 0 bridgehead atoms. The molecule has 0 aliphatic carbocycles. The van der Waals surface area contributed by atoms with Crippen LogP contribution in [-0.2, 0) is 17.5 Å². The normalized spacial score (nSPS) is 12.4. The number of halogens is 4. The van der Waals surface area contributed by atoms with Gasteiger partial charge < -0.3 is 10.4 Å². The summed E-state index contributed by atoms with van der Waals surface area (Å²) in [5, 5.41) is 29.3. The number of nitrogens with zero attached hydrogens (tertiary/aromatic N) is 4. The van der Waals surface area contributed by atoms with E-state index in [2.05, 4.69) is 15.6 Å². The monoisotopic (exact) mass is 469 g/mol. The van der Waals surface area contributed by atoms with Crippen molar-refractivity contribution in [3.63, 3.8) is 0 Å². The Morgan fingerprint density at radius 1 is 1.09 bits per heavy atom. The molecule has 0 radical (unpaired) electrons. The number of aromatic nitrogens is 3. The lowest BCUT2D eigenvalue weighted by Gasteiger charge is -2.14. The van der Waals surface area contributed by atoms with Gasteiger partial charge in [-0.15, -0.1) is 5.10 Å². The van der Waals surface area contributed by atoms with Crippen molar-refractivity contribution in [1.29, 1.82) is 5.26 Å². The van der Waals surface area contributed by atoms with Crippen molar-refractivity contribution < 1.29 is 27.5 Å². The summed E-state index contributed by atoms with van der Waals surface area (Å²) in [6.45, 7) is -0.305. The third kappa shape index (κ3) is 4.72. The van der Waals surface area contributed by atoms with E-state index >= 15 is 0 Å². The van der Waals surface area contributed by atoms with E-state index in [1.54, 1.807) is 30.3 Å². The average Bonchev–Trinajstić information content (AvgIpc) is 3.20. The summed E-state index contributed by atoms with van der Waals surface area (Å²) >= 11 is 0. The summed E-state index contributed by atoms with van der Waals surface area (Å²) in [7, 11) is 0. The van der Waals surface area contributed by atoms with Crippen molar-refractivity contribution in [2.45, 2.75) is 18.8 Å². The first-order valence-electron chi connectivity index (χ1n) is 9.85. The van der Waals surface area contributed by atoms with Gasteiger partial charge in [0.05, 0.1) is 29.3 Å². The third-order valence-corrected chi connectivity index (χ3v) is 5.05. The number of rotatable bonds is 5. The molecule has 0 aliphatic rings. The predicted molar refractivity (Wildman–Crippen MR) is 114 cm³/mol. The molecule has 0 spiro atoms. The molecule has 11 heteroatoms. The van der Waals surface area contributed by atoms with E-state index in [1.165, 1.54) is 22.9 Å².